The largest absolute Gasteiger partial charge is 0.496 e. The molecule has 2 aromatic carbocycles. The molecular formula is C15H13BrClFO2. The van der Waals surface area contributed by atoms with Crippen LogP contribution in [0.1, 0.15) is 17.2 Å². The van der Waals surface area contributed by atoms with E-state index in [0.29, 0.717) is 15.2 Å². The smallest absolute Gasteiger partial charge is 0.130 e. The minimum absolute atomic E-state index is 0.212. The van der Waals surface area contributed by atoms with E-state index in [-0.39, 0.29) is 12.0 Å². The molecule has 0 heterocycles. The van der Waals surface area contributed by atoms with Crippen LogP contribution in [-0.2, 0) is 6.42 Å². The molecule has 0 saturated carbocycles. The zero-order valence-corrected chi connectivity index (χ0v) is 13.1. The second-order valence-electron chi connectivity index (χ2n) is 4.31. The highest BCUT2D eigenvalue weighted by Crippen LogP contribution is 2.32. The molecule has 0 radical (unpaired) electrons. The molecule has 0 aliphatic rings. The topological polar surface area (TPSA) is 29.5 Å². The number of hydrogen-bond acceptors (Lipinski definition) is 2. The van der Waals surface area contributed by atoms with Gasteiger partial charge in [0.15, 0.2) is 0 Å². The first-order valence-electron chi connectivity index (χ1n) is 5.97. The number of halogens is 3. The fourth-order valence-corrected chi connectivity index (χ4v) is 2.85. The molecule has 2 nitrogen and oxygen atoms in total. The maximum absolute atomic E-state index is 13.8. The predicted octanol–water partition coefficient (Wildman–Crippen LogP) is 4.53. The van der Waals surface area contributed by atoms with Crippen LogP contribution in [0.2, 0.25) is 5.02 Å². The van der Waals surface area contributed by atoms with Gasteiger partial charge in [0, 0.05) is 21.5 Å². The highest BCUT2D eigenvalue weighted by Gasteiger charge is 2.18. The van der Waals surface area contributed by atoms with Crippen molar-refractivity contribution < 1.29 is 14.2 Å². The van der Waals surface area contributed by atoms with E-state index in [1.165, 1.54) is 13.2 Å². The molecule has 0 bridgehead atoms. The first kappa shape index (κ1) is 15.3. The first-order valence-corrected chi connectivity index (χ1v) is 7.14. The Hall–Kier alpha value is -1.10. The van der Waals surface area contributed by atoms with E-state index in [1.54, 1.807) is 30.3 Å². The molecule has 2 rings (SSSR count). The molecule has 5 heteroatoms. The van der Waals surface area contributed by atoms with Gasteiger partial charge in [0.25, 0.3) is 0 Å². The number of benzene rings is 2. The van der Waals surface area contributed by atoms with Gasteiger partial charge in [-0.3, -0.25) is 0 Å². The number of aliphatic hydroxyl groups excluding tert-OH is 1. The van der Waals surface area contributed by atoms with Crippen molar-refractivity contribution in [2.24, 2.45) is 0 Å². The third-order valence-electron chi connectivity index (χ3n) is 2.99. The highest BCUT2D eigenvalue weighted by molar-refractivity contribution is 9.10. The van der Waals surface area contributed by atoms with E-state index in [2.05, 4.69) is 15.9 Å². The average Bonchev–Trinajstić information content (AvgIpc) is 2.38. The molecule has 0 saturated heterocycles. The first-order chi connectivity index (χ1) is 9.52. The Morgan fingerprint density at radius 1 is 1.35 bits per heavy atom. The maximum Gasteiger partial charge on any atom is 0.130 e. The van der Waals surface area contributed by atoms with Crippen LogP contribution in [0, 0.1) is 5.82 Å². The third kappa shape index (κ3) is 3.32. The van der Waals surface area contributed by atoms with Gasteiger partial charge in [-0.2, -0.15) is 0 Å². The third-order valence-corrected chi connectivity index (χ3v) is 3.92. The van der Waals surface area contributed by atoms with Crippen LogP contribution in [0.4, 0.5) is 4.39 Å². The Morgan fingerprint density at radius 3 is 2.75 bits per heavy atom. The molecule has 2 aromatic rings. The lowest BCUT2D eigenvalue weighted by Gasteiger charge is -2.16. The molecule has 0 aromatic heterocycles. The van der Waals surface area contributed by atoms with E-state index in [0.717, 1.165) is 5.56 Å². The average molecular weight is 360 g/mol. The molecule has 0 aliphatic heterocycles. The molecule has 0 spiro atoms. The summed E-state index contributed by atoms with van der Waals surface area (Å²) in [4.78, 5) is 0. The zero-order valence-electron chi connectivity index (χ0n) is 10.7. The Labute approximate surface area is 130 Å². The van der Waals surface area contributed by atoms with E-state index < -0.39 is 11.9 Å². The van der Waals surface area contributed by atoms with Gasteiger partial charge in [0.2, 0.25) is 0 Å². The predicted molar refractivity (Wildman–Crippen MR) is 80.8 cm³/mol. The maximum atomic E-state index is 13.8. The summed E-state index contributed by atoms with van der Waals surface area (Å²) < 4.78 is 19.6. The zero-order chi connectivity index (χ0) is 14.7. The fourth-order valence-electron chi connectivity index (χ4n) is 2.05. The second kappa shape index (κ2) is 6.57. The van der Waals surface area contributed by atoms with Crippen molar-refractivity contribution >= 4 is 27.5 Å². The van der Waals surface area contributed by atoms with Crippen LogP contribution in [0.25, 0.3) is 0 Å². The standard InChI is InChI=1S/C15H13BrClFO2/c1-20-14-6-5-10(17)7-9(14)8-13(19)15-11(16)3-2-4-12(15)18/h2-7,13,19H,8H2,1H3. The van der Waals surface area contributed by atoms with Gasteiger partial charge in [0.1, 0.15) is 11.6 Å². The summed E-state index contributed by atoms with van der Waals surface area (Å²) in [5.74, 6) is 0.161. The fraction of sp³-hybridized carbons (Fsp3) is 0.200. The molecule has 1 atom stereocenters. The molecule has 1 unspecified atom stereocenters. The lowest BCUT2D eigenvalue weighted by Crippen LogP contribution is -2.06. The van der Waals surface area contributed by atoms with Gasteiger partial charge in [-0.1, -0.05) is 33.6 Å². The molecule has 20 heavy (non-hydrogen) atoms. The monoisotopic (exact) mass is 358 g/mol. The number of hydrogen-bond donors (Lipinski definition) is 1. The summed E-state index contributed by atoms with van der Waals surface area (Å²) >= 11 is 9.20. The minimum Gasteiger partial charge on any atom is -0.496 e. The summed E-state index contributed by atoms with van der Waals surface area (Å²) in [6.45, 7) is 0. The molecule has 106 valence electrons. The summed E-state index contributed by atoms with van der Waals surface area (Å²) in [7, 11) is 1.54. The molecular weight excluding hydrogens is 347 g/mol. The molecule has 0 amide bonds. The van der Waals surface area contributed by atoms with E-state index in [4.69, 9.17) is 16.3 Å². The van der Waals surface area contributed by atoms with Crippen molar-refractivity contribution in [1.82, 2.24) is 0 Å². The summed E-state index contributed by atoms with van der Waals surface area (Å²) in [6.07, 6.45) is -0.776. The Morgan fingerprint density at radius 2 is 2.10 bits per heavy atom. The number of rotatable bonds is 4. The van der Waals surface area contributed by atoms with Crippen molar-refractivity contribution in [3.05, 3.63) is 62.8 Å². The number of aliphatic hydroxyl groups is 1. The van der Waals surface area contributed by atoms with Crippen LogP contribution < -0.4 is 4.74 Å². The number of methoxy groups -OCH3 is 1. The summed E-state index contributed by atoms with van der Waals surface area (Å²) in [6, 6.07) is 9.72. The quantitative estimate of drug-likeness (QED) is 0.869. The highest BCUT2D eigenvalue weighted by atomic mass is 79.9. The van der Waals surface area contributed by atoms with Gasteiger partial charge in [-0.15, -0.1) is 0 Å². The minimum atomic E-state index is -0.988. The van der Waals surface area contributed by atoms with Gasteiger partial charge >= 0.3 is 0 Å². The van der Waals surface area contributed by atoms with Crippen molar-refractivity contribution in [2.75, 3.05) is 7.11 Å². The Kier molecular flexibility index (Phi) is 5.02. The van der Waals surface area contributed by atoms with E-state index >= 15 is 0 Å². The van der Waals surface area contributed by atoms with Crippen LogP contribution in [0.5, 0.6) is 5.75 Å². The number of ether oxygens (including phenoxy) is 1. The SMILES string of the molecule is COc1ccc(Cl)cc1CC(O)c1c(F)cccc1Br. The van der Waals surface area contributed by atoms with Gasteiger partial charge in [0.05, 0.1) is 13.2 Å². The van der Waals surface area contributed by atoms with Crippen LogP contribution in [0.3, 0.4) is 0 Å². The molecule has 0 aliphatic carbocycles. The Balaban J connectivity index is 2.32. The second-order valence-corrected chi connectivity index (χ2v) is 5.60. The van der Waals surface area contributed by atoms with Crippen LogP contribution in [0.15, 0.2) is 40.9 Å². The van der Waals surface area contributed by atoms with E-state index in [9.17, 15) is 9.50 Å². The lowest BCUT2D eigenvalue weighted by atomic mass is 10.0. The lowest BCUT2D eigenvalue weighted by molar-refractivity contribution is 0.171. The van der Waals surface area contributed by atoms with Gasteiger partial charge in [-0.05, 0) is 35.9 Å². The van der Waals surface area contributed by atoms with Crippen LogP contribution in [-0.4, -0.2) is 12.2 Å². The van der Waals surface area contributed by atoms with Crippen molar-refractivity contribution in [3.63, 3.8) is 0 Å². The van der Waals surface area contributed by atoms with Crippen molar-refractivity contribution in [1.29, 1.82) is 0 Å². The molecule has 0 fully saturated rings. The van der Waals surface area contributed by atoms with Crippen molar-refractivity contribution in [3.8, 4) is 5.75 Å². The normalized spacial score (nSPS) is 12.2. The van der Waals surface area contributed by atoms with Gasteiger partial charge < -0.3 is 9.84 Å². The van der Waals surface area contributed by atoms with Gasteiger partial charge in [-0.25, -0.2) is 4.39 Å². The van der Waals surface area contributed by atoms with Crippen LogP contribution >= 0.6 is 27.5 Å². The molecule has 1 N–H and O–H groups in total. The van der Waals surface area contributed by atoms with E-state index in [1.807, 2.05) is 0 Å². The van der Waals surface area contributed by atoms with Crippen molar-refractivity contribution in [2.45, 2.75) is 12.5 Å². The summed E-state index contributed by atoms with van der Waals surface area (Å²) in [5.41, 5.74) is 0.956. The Bertz CT molecular complexity index is 599. The summed E-state index contributed by atoms with van der Waals surface area (Å²) in [5, 5.41) is 10.8.